The van der Waals surface area contributed by atoms with Gasteiger partial charge in [0.2, 0.25) is 11.9 Å². The van der Waals surface area contributed by atoms with Crippen molar-refractivity contribution in [1.29, 1.82) is 0 Å². The second-order valence-corrected chi connectivity index (χ2v) is 11.9. The third-order valence-corrected chi connectivity index (χ3v) is 8.71. The standard InChI is InChI=1S/C31H37N7O3S/c1-7-29(39)33-23-15-24(27(41-5)16-26(23)37(3)18-20-11-10-14-36(20)2)34-31-32-17-28(42(6)40)30(35-31)22-19-38(4)25-13-9-8-12-21(22)25/h7-9,12-13,15-17,19-20H,1,10-11,14,18H2,2-6H3,(H,33,39)(H,32,34,35). The molecule has 1 aliphatic rings. The van der Waals surface area contributed by atoms with E-state index < -0.39 is 10.8 Å². The van der Waals surface area contributed by atoms with E-state index in [0.29, 0.717) is 39.7 Å². The van der Waals surface area contributed by atoms with E-state index in [4.69, 9.17) is 9.72 Å². The summed E-state index contributed by atoms with van der Waals surface area (Å²) in [4.78, 5) is 26.8. The molecule has 2 atom stereocenters. The number of aryl methyl sites for hydroxylation is 1. The van der Waals surface area contributed by atoms with Gasteiger partial charge in [0.15, 0.2) is 0 Å². The Bertz CT molecular complexity index is 1670. The zero-order valence-corrected chi connectivity index (χ0v) is 25.5. The number of carbonyl (C=O) groups is 1. The topological polar surface area (TPSA) is 105 Å². The maximum absolute atomic E-state index is 12.7. The second kappa shape index (κ2) is 12.3. The normalized spacial score (nSPS) is 15.9. The number of likely N-dealkylation sites (N-methyl/N-ethyl adjacent to an activating group) is 2. The number of hydrogen-bond donors (Lipinski definition) is 2. The first kappa shape index (κ1) is 29.3. The summed E-state index contributed by atoms with van der Waals surface area (Å²) in [6.45, 7) is 5.49. The molecule has 2 aromatic heterocycles. The molecule has 0 bridgehead atoms. The first-order chi connectivity index (χ1) is 20.2. The second-order valence-electron chi connectivity index (χ2n) is 10.6. The monoisotopic (exact) mass is 587 g/mol. The highest BCUT2D eigenvalue weighted by Gasteiger charge is 2.25. The Balaban J connectivity index is 1.55. The van der Waals surface area contributed by atoms with Crippen LogP contribution in [0.2, 0.25) is 0 Å². The number of hydrogen-bond acceptors (Lipinski definition) is 8. The van der Waals surface area contributed by atoms with E-state index in [1.807, 2.05) is 61.3 Å². The molecule has 2 unspecified atom stereocenters. The van der Waals surface area contributed by atoms with Crippen molar-refractivity contribution < 1.29 is 13.7 Å². The van der Waals surface area contributed by atoms with Gasteiger partial charge in [0, 0.05) is 67.9 Å². The number of carbonyl (C=O) groups excluding carboxylic acids is 1. The molecule has 10 nitrogen and oxygen atoms in total. The summed E-state index contributed by atoms with van der Waals surface area (Å²) in [5.74, 6) is 0.551. The molecule has 3 heterocycles. The smallest absolute Gasteiger partial charge is 0.247 e. The summed E-state index contributed by atoms with van der Waals surface area (Å²) in [6.07, 6.45) is 8.75. The molecular weight excluding hydrogens is 550 g/mol. The SMILES string of the molecule is C=CC(=O)Nc1cc(Nc2ncc(S(C)=O)c(-c3cn(C)c4ccccc34)n2)c(OC)cc1N(C)CC1CCCN1C. The van der Waals surface area contributed by atoms with E-state index >= 15 is 0 Å². The molecule has 0 saturated carbocycles. The number of nitrogens with zero attached hydrogens (tertiary/aromatic N) is 5. The Hall–Kier alpha value is -4.22. The lowest BCUT2D eigenvalue weighted by Crippen LogP contribution is -2.37. The summed E-state index contributed by atoms with van der Waals surface area (Å²) >= 11 is 0. The van der Waals surface area contributed by atoms with Crippen LogP contribution in [-0.2, 0) is 22.6 Å². The fraction of sp³-hybridized carbons (Fsp3) is 0.323. The fourth-order valence-corrected chi connectivity index (χ4v) is 6.17. The van der Waals surface area contributed by atoms with E-state index in [1.165, 1.54) is 12.5 Å². The maximum Gasteiger partial charge on any atom is 0.247 e. The molecule has 11 heteroatoms. The van der Waals surface area contributed by atoms with Crippen LogP contribution in [0.3, 0.4) is 0 Å². The van der Waals surface area contributed by atoms with E-state index in [1.54, 1.807) is 19.6 Å². The third-order valence-electron chi connectivity index (χ3n) is 7.79. The van der Waals surface area contributed by atoms with Crippen LogP contribution in [0.15, 0.2) is 66.3 Å². The molecule has 0 spiro atoms. The predicted molar refractivity (Wildman–Crippen MR) is 170 cm³/mol. The largest absolute Gasteiger partial charge is 0.494 e. The minimum atomic E-state index is -1.31. The van der Waals surface area contributed by atoms with Gasteiger partial charge in [-0.1, -0.05) is 24.8 Å². The Morgan fingerprint density at radius 2 is 2.05 bits per heavy atom. The Morgan fingerprint density at radius 3 is 2.74 bits per heavy atom. The van der Waals surface area contributed by atoms with Crippen molar-refractivity contribution in [3.63, 3.8) is 0 Å². The van der Waals surface area contributed by atoms with Crippen LogP contribution >= 0.6 is 0 Å². The number of amides is 1. The number of anilines is 4. The van der Waals surface area contributed by atoms with Crippen molar-refractivity contribution in [3.05, 3.63) is 61.4 Å². The maximum atomic E-state index is 12.7. The van der Waals surface area contributed by atoms with Gasteiger partial charge < -0.3 is 29.7 Å². The lowest BCUT2D eigenvalue weighted by molar-refractivity contribution is -0.111. The van der Waals surface area contributed by atoms with E-state index in [-0.39, 0.29) is 5.91 Å². The highest BCUT2D eigenvalue weighted by Crippen LogP contribution is 2.39. The van der Waals surface area contributed by atoms with Gasteiger partial charge in [-0.15, -0.1) is 0 Å². The van der Waals surface area contributed by atoms with Crippen molar-refractivity contribution in [2.45, 2.75) is 23.8 Å². The molecule has 1 aliphatic heterocycles. The number of para-hydroxylation sites is 1. The Kier molecular flexibility index (Phi) is 8.60. The summed E-state index contributed by atoms with van der Waals surface area (Å²) in [5, 5.41) is 7.23. The molecular formula is C31H37N7O3S. The number of nitrogens with one attached hydrogen (secondary N) is 2. The van der Waals surface area contributed by atoms with Crippen molar-refractivity contribution in [2.24, 2.45) is 7.05 Å². The minimum absolute atomic E-state index is 0.306. The number of ether oxygens (including phenoxy) is 1. The van der Waals surface area contributed by atoms with Gasteiger partial charge in [-0.05, 0) is 44.6 Å². The number of likely N-dealkylation sites (tertiary alicyclic amines) is 1. The molecule has 4 aromatic rings. The van der Waals surface area contributed by atoms with Crippen molar-refractivity contribution in [3.8, 4) is 17.0 Å². The summed E-state index contributed by atoms with van der Waals surface area (Å²) in [6, 6.07) is 12.2. The van der Waals surface area contributed by atoms with Gasteiger partial charge in [-0.3, -0.25) is 9.00 Å². The fourth-order valence-electron chi connectivity index (χ4n) is 5.54. The van der Waals surface area contributed by atoms with Crippen LogP contribution in [0.5, 0.6) is 5.75 Å². The highest BCUT2D eigenvalue weighted by molar-refractivity contribution is 7.84. The van der Waals surface area contributed by atoms with Crippen molar-refractivity contribution in [1.82, 2.24) is 19.4 Å². The van der Waals surface area contributed by atoms with Crippen molar-refractivity contribution in [2.75, 3.05) is 56.1 Å². The molecule has 2 N–H and O–H groups in total. The number of aromatic nitrogens is 3. The molecule has 0 aliphatic carbocycles. The molecule has 42 heavy (non-hydrogen) atoms. The van der Waals surface area contributed by atoms with Gasteiger partial charge in [0.1, 0.15) is 5.75 Å². The Labute approximate surface area is 248 Å². The quantitative estimate of drug-likeness (QED) is 0.256. The molecule has 220 valence electrons. The van der Waals surface area contributed by atoms with Crippen LogP contribution < -0.4 is 20.3 Å². The molecule has 2 aromatic carbocycles. The van der Waals surface area contributed by atoms with Gasteiger partial charge in [-0.25, -0.2) is 9.97 Å². The lowest BCUT2D eigenvalue weighted by atomic mass is 10.1. The zero-order chi connectivity index (χ0) is 30.0. The summed E-state index contributed by atoms with van der Waals surface area (Å²) in [7, 11) is 6.42. The summed E-state index contributed by atoms with van der Waals surface area (Å²) in [5.41, 5.74) is 4.49. The first-order valence-corrected chi connectivity index (χ1v) is 15.3. The Morgan fingerprint density at radius 1 is 1.26 bits per heavy atom. The molecule has 1 amide bonds. The molecule has 0 radical (unpaired) electrons. The average molecular weight is 588 g/mol. The average Bonchev–Trinajstić information content (AvgIpc) is 3.54. The van der Waals surface area contributed by atoms with Crippen LogP contribution in [-0.4, -0.2) is 76.1 Å². The van der Waals surface area contributed by atoms with E-state index in [2.05, 4.69) is 39.0 Å². The van der Waals surface area contributed by atoms with E-state index in [9.17, 15) is 9.00 Å². The summed E-state index contributed by atoms with van der Waals surface area (Å²) < 4.78 is 20.5. The number of benzene rings is 2. The minimum Gasteiger partial charge on any atom is -0.494 e. The van der Waals surface area contributed by atoms with Crippen molar-refractivity contribution >= 4 is 50.6 Å². The first-order valence-electron chi connectivity index (χ1n) is 13.8. The molecule has 5 rings (SSSR count). The van der Waals surface area contributed by atoms with Gasteiger partial charge in [-0.2, -0.15) is 0 Å². The number of methoxy groups -OCH3 is 1. The van der Waals surface area contributed by atoms with Crippen LogP contribution in [0, 0.1) is 0 Å². The van der Waals surface area contributed by atoms with Crippen LogP contribution in [0.1, 0.15) is 12.8 Å². The molecule has 1 saturated heterocycles. The van der Waals surface area contributed by atoms with Gasteiger partial charge in [0.25, 0.3) is 0 Å². The lowest BCUT2D eigenvalue weighted by Gasteiger charge is -2.29. The van der Waals surface area contributed by atoms with Gasteiger partial charge >= 0.3 is 0 Å². The van der Waals surface area contributed by atoms with Crippen LogP contribution in [0.25, 0.3) is 22.2 Å². The predicted octanol–water partition coefficient (Wildman–Crippen LogP) is 4.78. The number of fused-ring (bicyclic) bond motifs is 1. The zero-order valence-electron chi connectivity index (χ0n) is 24.7. The highest BCUT2D eigenvalue weighted by atomic mass is 32.2. The van der Waals surface area contributed by atoms with Gasteiger partial charge in [0.05, 0.1) is 45.6 Å². The molecule has 1 fully saturated rings. The third kappa shape index (κ3) is 5.88. The van der Waals surface area contributed by atoms with E-state index in [0.717, 1.165) is 41.7 Å². The van der Waals surface area contributed by atoms with Crippen LogP contribution in [0.4, 0.5) is 23.0 Å². The number of rotatable bonds is 10.